The molecule has 4 rings (SSSR count). The number of fused-ring (bicyclic) bond motifs is 1. The van der Waals surface area contributed by atoms with Gasteiger partial charge in [0, 0.05) is 17.7 Å². The lowest BCUT2D eigenvalue weighted by molar-refractivity contribution is -0.400. The molecule has 1 aromatic heterocycles. The fourth-order valence-electron chi connectivity index (χ4n) is 3.26. The van der Waals surface area contributed by atoms with E-state index in [1.165, 1.54) is 5.56 Å². The van der Waals surface area contributed by atoms with E-state index >= 15 is 0 Å². The molecule has 1 heterocycles. The Balaban J connectivity index is 1.87. The fourth-order valence-corrected chi connectivity index (χ4v) is 3.26. The molecule has 0 aliphatic heterocycles. The van der Waals surface area contributed by atoms with Crippen LogP contribution in [-0.4, -0.2) is 13.7 Å². The van der Waals surface area contributed by atoms with E-state index in [1.54, 1.807) is 7.11 Å². The van der Waals surface area contributed by atoms with Gasteiger partial charge in [0.15, 0.2) is 0 Å². The molecule has 146 valence electrons. The van der Waals surface area contributed by atoms with E-state index in [-0.39, 0.29) is 0 Å². The van der Waals surface area contributed by atoms with Gasteiger partial charge in [-0.05, 0) is 62.4 Å². The highest BCUT2D eigenvalue weighted by Gasteiger charge is 2.10. The van der Waals surface area contributed by atoms with Crippen LogP contribution >= 0.6 is 0 Å². The number of hydrogen-bond acceptors (Lipinski definition) is 3. The van der Waals surface area contributed by atoms with Crippen molar-refractivity contribution < 1.29 is 18.9 Å². The second kappa shape index (κ2) is 8.23. The van der Waals surface area contributed by atoms with Crippen LogP contribution in [0.15, 0.2) is 77.2 Å². The maximum Gasteiger partial charge on any atom is 0.218 e. The van der Waals surface area contributed by atoms with Crippen molar-refractivity contribution in [3.05, 3.63) is 83.7 Å². The summed E-state index contributed by atoms with van der Waals surface area (Å²) in [7, 11) is 1.66. The Bertz CT molecular complexity index is 1190. The molecule has 3 aromatic carbocycles. The summed E-state index contributed by atoms with van der Waals surface area (Å²) < 4.78 is 17.0. The Hall–Kier alpha value is -3.53. The molecular formula is C25H24NO3+. The van der Waals surface area contributed by atoms with E-state index in [4.69, 9.17) is 13.9 Å². The van der Waals surface area contributed by atoms with Crippen molar-refractivity contribution in [2.75, 3.05) is 13.7 Å². The highest BCUT2D eigenvalue weighted by Crippen LogP contribution is 2.24. The van der Waals surface area contributed by atoms with Gasteiger partial charge >= 0.3 is 0 Å². The first kappa shape index (κ1) is 18.8. The standard InChI is InChI=1S/C25H23NO3/c1-4-28-21-12-8-19(9-13-21)26-23-16-25(18-6-10-20(27-3)11-7-18)29-24-14-5-17(2)15-22(23)24/h5-16H,4H2,1-3H3/p+1. The van der Waals surface area contributed by atoms with Crippen LogP contribution in [0.4, 0.5) is 5.69 Å². The zero-order chi connectivity index (χ0) is 20.2. The Morgan fingerprint density at radius 2 is 1.59 bits per heavy atom. The van der Waals surface area contributed by atoms with E-state index in [2.05, 4.69) is 24.0 Å². The van der Waals surface area contributed by atoms with E-state index in [0.29, 0.717) is 6.61 Å². The normalized spacial score (nSPS) is 11.6. The third kappa shape index (κ3) is 4.16. The first-order chi connectivity index (χ1) is 14.2. The van der Waals surface area contributed by atoms with Crippen molar-refractivity contribution in [2.45, 2.75) is 13.8 Å². The quantitative estimate of drug-likeness (QED) is 0.561. The number of rotatable bonds is 5. The minimum Gasteiger partial charge on any atom is -0.497 e. The lowest BCUT2D eigenvalue weighted by Crippen LogP contribution is -2.70. The second-order valence-corrected chi connectivity index (χ2v) is 6.83. The monoisotopic (exact) mass is 386 g/mol. The van der Waals surface area contributed by atoms with E-state index in [0.717, 1.165) is 44.8 Å². The van der Waals surface area contributed by atoms with Crippen LogP contribution in [-0.2, 0) is 0 Å². The Labute approximate surface area is 170 Å². The summed E-state index contributed by atoms with van der Waals surface area (Å²) in [5.41, 5.74) is 3.99. The van der Waals surface area contributed by atoms with Gasteiger partial charge in [-0.15, -0.1) is 0 Å². The molecule has 0 saturated heterocycles. The molecule has 0 bridgehead atoms. The SMILES string of the molecule is CCOc1ccc([NH+]=c2cc(-c3ccc(OC)cc3)oc3ccc(C)cc23)cc1. The molecule has 1 N–H and O–H groups in total. The van der Waals surface area contributed by atoms with Gasteiger partial charge < -0.3 is 13.9 Å². The topological polar surface area (TPSA) is 45.6 Å². The fraction of sp³-hybridized carbons (Fsp3) is 0.160. The maximum atomic E-state index is 6.20. The number of benzene rings is 3. The van der Waals surface area contributed by atoms with Gasteiger partial charge in [0.2, 0.25) is 11.0 Å². The average Bonchev–Trinajstić information content (AvgIpc) is 2.75. The Morgan fingerprint density at radius 3 is 2.28 bits per heavy atom. The lowest BCUT2D eigenvalue weighted by atomic mass is 10.1. The second-order valence-electron chi connectivity index (χ2n) is 6.83. The third-order valence-electron chi connectivity index (χ3n) is 4.74. The van der Waals surface area contributed by atoms with E-state index in [1.807, 2.05) is 67.6 Å². The van der Waals surface area contributed by atoms with Crippen LogP contribution in [0, 0.1) is 6.92 Å². The first-order valence-corrected chi connectivity index (χ1v) is 9.68. The molecule has 29 heavy (non-hydrogen) atoms. The van der Waals surface area contributed by atoms with Crippen molar-refractivity contribution in [2.24, 2.45) is 0 Å². The molecule has 0 aliphatic carbocycles. The molecule has 0 unspecified atom stereocenters. The molecule has 4 heteroatoms. The Kier molecular flexibility index (Phi) is 5.34. The third-order valence-corrected chi connectivity index (χ3v) is 4.74. The molecule has 0 radical (unpaired) electrons. The van der Waals surface area contributed by atoms with Crippen LogP contribution in [0.2, 0.25) is 0 Å². The van der Waals surface area contributed by atoms with Crippen molar-refractivity contribution in [1.29, 1.82) is 0 Å². The molecule has 0 spiro atoms. The smallest absolute Gasteiger partial charge is 0.218 e. The molecule has 0 amide bonds. The maximum absolute atomic E-state index is 6.20. The Morgan fingerprint density at radius 1 is 0.862 bits per heavy atom. The summed E-state index contributed by atoms with van der Waals surface area (Å²) in [6.45, 7) is 4.72. The molecule has 4 nitrogen and oxygen atoms in total. The van der Waals surface area contributed by atoms with Gasteiger partial charge in [0.1, 0.15) is 22.8 Å². The lowest BCUT2D eigenvalue weighted by Gasteiger charge is -2.05. The van der Waals surface area contributed by atoms with Crippen LogP contribution < -0.4 is 19.8 Å². The highest BCUT2D eigenvalue weighted by molar-refractivity contribution is 5.78. The number of aryl methyl sites for hydroxylation is 1. The summed E-state index contributed by atoms with van der Waals surface area (Å²) in [5, 5.41) is 2.03. The minimum atomic E-state index is 0.655. The van der Waals surface area contributed by atoms with Crippen LogP contribution in [0.1, 0.15) is 12.5 Å². The average molecular weight is 386 g/mol. The van der Waals surface area contributed by atoms with Gasteiger partial charge in [-0.2, -0.15) is 0 Å². The van der Waals surface area contributed by atoms with Gasteiger partial charge in [0.05, 0.1) is 25.2 Å². The van der Waals surface area contributed by atoms with Gasteiger partial charge in [-0.3, -0.25) is 0 Å². The number of ether oxygens (including phenoxy) is 2. The summed E-state index contributed by atoms with van der Waals surface area (Å²) in [6, 6.07) is 24.1. The number of methoxy groups -OCH3 is 1. The van der Waals surface area contributed by atoms with Crippen LogP contribution in [0.25, 0.3) is 22.3 Å². The number of hydrogen-bond donors (Lipinski definition) is 1. The summed E-state index contributed by atoms with van der Waals surface area (Å²) in [5.74, 6) is 2.47. The first-order valence-electron chi connectivity index (χ1n) is 9.68. The molecule has 0 atom stereocenters. The largest absolute Gasteiger partial charge is 0.497 e. The van der Waals surface area contributed by atoms with Crippen LogP contribution in [0.5, 0.6) is 11.5 Å². The molecule has 0 fully saturated rings. The summed E-state index contributed by atoms with van der Waals surface area (Å²) in [4.78, 5) is 3.54. The molecule has 4 aromatic rings. The zero-order valence-corrected chi connectivity index (χ0v) is 16.9. The van der Waals surface area contributed by atoms with E-state index in [9.17, 15) is 0 Å². The van der Waals surface area contributed by atoms with Gasteiger partial charge in [0.25, 0.3) is 0 Å². The van der Waals surface area contributed by atoms with Crippen LogP contribution in [0.3, 0.4) is 0 Å². The van der Waals surface area contributed by atoms with Gasteiger partial charge in [-0.1, -0.05) is 11.6 Å². The van der Waals surface area contributed by atoms with Crippen molar-refractivity contribution in [1.82, 2.24) is 0 Å². The summed E-state index contributed by atoms with van der Waals surface area (Å²) >= 11 is 0. The molecule has 0 saturated carbocycles. The highest BCUT2D eigenvalue weighted by atomic mass is 16.5. The number of nitrogens with one attached hydrogen (secondary N) is 1. The van der Waals surface area contributed by atoms with Crippen molar-refractivity contribution in [3.63, 3.8) is 0 Å². The van der Waals surface area contributed by atoms with E-state index < -0.39 is 0 Å². The predicted molar refractivity (Wildman–Crippen MR) is 114 cm³/mol. The molecular weight excluding hydrogens is 362 g/mol. The van der Waals surface area contributed by atoms with Gasteiger partial charge in [-0.25, -0.2) is 4.99 Å². The zero-order valence-electron chi connectivity index (χ0n) is 16.9. The minimum absolute atomic E-state index is 0.655. The summed E-state index contributed by atoms with van der Waals surface area (Å²) in [6.07, 6.45) is 0. The predicted octanol–water partition coefficient (Wildman–Crippen LogP) is 4.13. The van der Waals surface area contributed by atoms with Crippen molar-refractivity contribution >= 4 is 16.7 Å². The molecule has 0 aliphatic rings. The van der Waals surface area contributed by atoms with Crippen molar-refractivity contribution in [3.8, 4) is 22.8 Å².